The standard InChI is InChI=1S/C10H14N4/c1-14-6-5-13-10(14)8-11-7-9-3-2-4-12-9/h2-6,11-12H,7-8H2,1H3. The molecule has 4 heteroatoms. The van der Waals surface area contributed by atoms with Crippen LogP contribution in [0.25, 0.3) is 0 Å². The number of H-pyrrole nitrogens is 1. The predicted molar refractivity (Wildman–Crippen MR) is 54.5 cm³/mol. The van der Waals surface area contributed by atoms with Crippen LogP contribution < -0.4 is 5.32 Å². The van der Waals surface area contributed by atoms with E-state index in [1.54, 1.807) is 0 Å². The normalized spacial score (nSPS) is 10.6. The van der Waals surface area contributed by atoms with Gasteiger partial charge in [0.1, 0.15) is 5.82 Å². The Hall–Kier alpha value is -1.55. The third-order valence-corrected chi connectivity index (χ3v) is 2.18. The Bertz CT molecular complexity index is 374. The van der Waals surface area contributed by atoms with Crippen molar-refractivity contribution >= 4 is 0 Å². The van der Waals surface area contributed by atoms with Crippen LogP contribution in [0.15, 0.2) is 30.7 Å². The maximum Gasteiger partial charge on any atom is 0.122 e. The maximum absolute atomic E-state index is 4.22. The molecule has 0 saturated carbocycles. The van der Waals surface area contributed by atoms with Crippen LogP contribution in [0.2, 0.25) is 0 Å². The SMILES string of the molecule is Cn1ccnc1CNCc1ccc[nH]1. The van der Waals surface area contributed by atoms with Gasteiger partial charge in [-0.3, -0.25) is 0 Å². The summed E-state index contributed by atoms with van der Waals surface area (Å²) in [7, 11) is 2.00. The van der Waals surface area contributed by atoms with E-state index in [2.05, 4.69) is 21.4 Å². The van der Waals surface area contributed by atoms with Crippen molar-refractivity contribution in [3.63, 3.8) is 0 Å². The summed E-state index contributed by atoms with van der Waals surface area (Å²) in [6.07, 6.45) is 5.69. The highest BCUT2D eigenvalue weighted by Gasteiger charge is 1.98. The molecule has 2 aromatic heterocycles. The Morgan fingerprint density at radius 2 is 2.43 bits per heavy atom. The maximum atomic E-state index is 4.22. The topological polar surface area (TPSA) is 45.6 Å². The number of nitrogens with zero attached hydrogens (tertiary/aromatic N) is 2. The molecule has 0 fully saturated rings. The Balaban J connectivity index is 1.81. The van der Waals surface area contributed by atoms with E-state index in [4.69, 9.17) is 0 Å². The molecule has 0 aromatic carbocycles. The van der Waals surface area contributed by atoms with Gasteiger partial charge < -0.3 is 14.9 Å². The van der Waals surface area contributed by atoms with E-state index < -0.39 is 0 Å². The molecule has 2 heterocycles. The average Bonchev–Trinajstić information content (AvgIpc) is 2.78. The van der Waals surface area contributed by atoms with E-state index in [9.17, 15) is 0 Å². The molecule has 4 nitrogen and oxygen atoms in total. The quantitative estimate of drug-likeness (QED) is 0.756. The molecule has 2 aromatic rings. The fourth-order valence-electron chi connectivity index (χ4n) is 1.35. The van der Waals surface area contributed by atoms with Crippen LogP contribution in [-0.4, -0.2) is 14.5 Å². The molecule has 0 bridgehead atoms. The Kier molecular flexibility index (Phi) is 2.65. The molecular formula is C10H14N4. The summed E-state index contributed by atoms with van der Waals surface area (Å²) in [5, 5.41) is 3.32. The highest BCUT2D eigenvalue weighted by Crippen LogP contribution is 1.96. The van der Waals surface area contributed by atoms with Crippen molar-refractivity contribution < 1.29 is 0 Å². The highest BCUT2D eigenvalue weighted by molar-refractivity contribution is 5.03. The van der Waals surface area contributed by atoms with Gasteiger partial charge in [0.15, 0.2) is 0 Å². The number of aryl methyl sites for hydroxylation is 1. The van der Waals surface area contributed by atoms with Gasteiger partial charge in [-0.1, -0.05) is 0 Å². The molecule has 0 amide bonds. The third kappa shape index (κ3) is 2.03. The van der Waals surface area contributed by atoms with Crippen LogP contribution >= 0.6 is 0 Å². The average molecular weight is 190 g/mol. The first kappa shape index (κ1) is 9.02. The van der Waals surface area contributed by atoms with E-state index in [0.717, 1.165) is 18.9 Å². The van der Waals surface area contributed by atoms with Crippen LogP contribution in [0.5, 0.6) is 0 Å². The van der Waals surface area contributed by atoms with Gasteiger partial charge in [-0.2, -0.15) is 0 Å². The van der Waals surface area contributed by atoms with Gasteiger partial charge in [0, 0.05) is 37.9 Å². The van der Waals surface area contributed by atoms with Crippen LogP contribution in [0.4, 0.5) is 0 Å². The van der Waals surface area contributed by atoms with Gasteiger partial charge >= 0.3 is 0 Å². The lowest BCUT2D eigenvalue weighted by molar-refractivity contribution is 0.632. The lowest BCUT2D eigenvalue weighted by Crippen LogP contribution is -2.15. The zero-order valence-corrected chi connectivity index (χ0v) is 8.20. The second kappa shape index (κ2) is 4.11. The Morgan fingerprint density at radius 1 is 1.50 bits per heavy atom. The van der Waals surface area contributed by atoms with Crippen molar-refractivity contribution in [2.45, 2.75) is 13.1 Å². The smallest absolute Gasteiger partial charge is 0.122 e. The number of hydrogen-bond donors (Lipinski definition) is 2. The minimum atomic E-state index is 0.794. The second-order valence-electron chi connectivity index (χ2n) is 3.25. The van der Waals surface area contributed by atoms with Crippen LogP contribution in [0.3, 0.4) is 0 Å². The fourth-order valence-corrected chi connectivity index (χ4v) is 1.35. The molecule has 0 radical (unpaired) electrons. The summed E-state index contributed by atoms with van der Waals surface area (Å²) in [4.78, 5) is 7.37. The first-order valence-electron chi connectivity index (χ1n) is 4.65. The molecule has 14 heavy (non-hydrogen) atoms. The number of aromatic amines is 1. The molecule has 0 aliphatic heterocycles. The minimum Gasteiger partial charge on any atom is -0.364 e. The van der Waals surface area contributed by atoms with Gasteiger partial charge in [-0.05, 0) is 12.1 Å². The predicted octanol–water partition coefficient (Wildman–Crippen LogP) is 1.04. The molecule has 0 aliphatic rings. The molecule has 2 rings (SSSR count). The summed E-state index contributed by atoms with van der Waals surface area (Å²) in [6.45, 7) is 1.64. The molecule has 2 N–H and O–H groups in total. The van der Waals surface area contributed by atoms with Crippen molar-refractivity contribution in [2.75, 3.05) is 0 Å². The molecule has 0 unspecified atom stereocenters. The van der Waals surface area contributed by atoms with Crippen molar-refractivity contribution in [3.05, 3.63) is 42.2 Å². The first-order chi connectivity index (χ1) is 6.86. The van der Waals surface area contributed by atoms with Gasteiger partial charge in [-0.15, -0.1) is 0 Å². The minimum absolute atomic E-state index is 0.794. The number of aromatic nitrogens is 3. The van der Waals surface area contributed by atoms with Crippen molar-refractivity contribution in [1.82, 2.24) is 19.9 Å². The molecule has 0 spiro atoms. The molecule has 0 atom stereocenters. The zero-order valence-electron chi connectivity index (χ0n) is 8.20. The van der Waals surface area contributed by atoms with Gasteiger partial charge in [0.25, 0.3) is 0 Å². The molecule has 0 aliphatic carbocycles. The van der Waals surface area contributed by atoms with Crippen LogP contribution in [0.1, 0.15) is 11.5 Å². The molecule has 74 valence electrons. The van der Waals surface area contributed by atoms with Crippen molar-refractivity contribution in [3.8, 4) is 0 Å². The van der Waals surface area contributed by atoms with E-state index in [0.29, 0.717) is 0 Å². The Morgan fingerprint density at radius 3 is 3.07 bits per heavy atom. The molecular weight excluding hydrogens is 176 g/mol. The van der Waals surface area contributed by atoms with Crippen molar-refractivity contribution in [2.24, 2.45) is 7.05 Å². The van der Waals surface area contributed by atoms with E-state index >= 15 is 0 Å². The third-order valence-electron chi connectivity index (χ3n) is 2.18. The number of imidazole rings is 1. The van der Waals surface area contributed by atoms with Gasteiger partial charge in [0.2, 0.25) is 0 Å². The zero-order chi connectivity index (χ0) is 9.80. The van der Waals surface area contributed by atoms with Crippen LogP contribution in [0, 0.1) is 0 Å². The first-order valence-corrected chi connectivity index (χ1v) is 4.65. The number of hydrogen-bond acceptors (Lipinski definition) is 2. The fraction of sp³-hybridized carbons (Fsp3) is 0.300. The van der Waals surface area contributed by atoms with E-state index in [-0.39, 0.29) is 0 Å². The second-order valence-corrected chi connectivity index (χ2v) is 3.25. The van der Waals surface area contributed by atoms with E-state index in [1.807, 2.05) is 36.3 Å². The monoisotopic (exact) mass is 190 g/mol. The number of nitrogens with one attached hydrogen (secondary N) is 2. The van der Waals surface area contributed by atoms with Crippen molar-refractivity contribution in [1.29, 1.82) is 0 Å². The lowest BCUT2D eigenvalue weighted by Gasteiger charge is -2.03. The van der Waals surface area contributed by atoms with Crippen LogP contribution in [-0.2, 0) is 20.1 Å². The summed E-state index contributed by atoms with van der Waals surface area (Å²) >= 11 is 0. The summed E-state index contributed by atoms with van der Waals surface area (Å²) < 4.78 is 2.02. The van der Waals surface area contributed by atoms with Gasteiger partial charge in [-0.25, -0.2) is 4.98 Å². The highest BCUT2D eigenvalue weighted by atomic mass is 15.1. The summed E-state index contributed by atoms with van der Waals surface area (Å²) in [5.41, 5.74) is 1.19. The molecule has 0 saturated heterocycles. The van der Waals surface area contributed by atoms with E-state index in [1.165, 1.54) is 5.69 Å². The summed E-state index contributed by atoms with van der Waals surface area (Å²) in [6, 6.07) is 4.06. The number of rotatable bonds is 4. The van der Waals surface area contributed by atoms with Gasteiger partial charge in [0.05, 0.1) is 6.54 Å². The lowest BCUT2D eigenvalue weighted by atomic mass is 10.4. The summed E-state index contributed by atoms with van der Waals surface area (Å²) in [5.74, 6) is 1.05. The Labute approximate surface area is 83.0 Å². The largest absolute Gasteiger partial charge is 0.364 e.